The highest BCUT2D eigenvalue weighted by Gasteiger charge is 2.18. The summed E-state index contributed by atoms with van der Waals surface area (Å²) in [5, 5.41) is 14.0. The third kappa shape index (κ3) is 3.77. The van der Waals surface area contributed by atoms with Crippen LogP contribution in [0.5, 0.6) is 11.5 Å². The van der Waals surface area contributed by atoms with Gasteiger partial charge in [0.2, 0.25) is 5.91 Å². The van der Waals surface area contributed by atoms with Gasteiger partial charge >= 0.3 is 0 Å². The maximum absolute atomic E-state index is 11.8. The van der Waals surface area contributed by atoms with Gasteiger partial charge < -0.3 is 25.7 Å². The Bertz CT molecular complexity index is 466. The van der Waals surface area contributed by atoms with Crippen molar-refractivity contribution in [3.8, 4) is 11.5 Å². The van der Waals surface area contributed by atoms with Crippen molar-refractivity contribution in [2.75, 3.05) is 19.5 Å². The lowest BCUT2D eigenvalue weighted by molar-refractivity contribution is -0.117. The zero-order valence-electron chi connectivity index (χ0n) is 11.0. The van der Waals surface area contributed by atoms with E-state index in [2.05, 4.69) is 10.5 Å². The molecule has 0 spiro atoms. The molecule has 0 radical (unpaired) electrons. The fourth-order valence-electron chi connectivity index (χ4n) is 1.35. The van der Waals surface area contributed by atoms with Crippen LogP contribution in [-0.2, 0) is 4.79 Å². The van der Waals surface area contributed by atoms with Crippen LogP contribution in [0.4, 0.5) is 5.69 Å². The number of benzene rings is 1. The Morgan fingerprint density at radius 1 is 1.32 bits per heavy atom. The summed E-state index contributed by atoms with van der Waals surface area (Å²) in [6.07, 6.45) is 0. The summed E-state index contributed by atoms with van der Waals surface area (Å²) in [4.78, 5) is 11.8. The van der Waals surface area contributed by atoms with Gasteiger partial charge in [0.1, 0.15) is 11.5 Å². The van der Waals surface area contributed by atoms with Crippen LogP contribution in [0.15, 0.2) is 23.4 Å². The molecule has 0 heterocycles. The van der Waals surface area contributed by atoms with Crippen molar-refractivity contribution in [3.05, 3.63) is 18.2 Å². The second-order valence-corrected chi connectivity index (χ2v) is 3.84. The molecule has 7 heteroatoms. The molecule has 0 bridgehead atoms. The summed E-state index contributed by atoms with van der Waals surface area (Å²) in [6.45, 7) is 1.53. The molecule has 19 heavy (non-hydrogen) atoms. The number of oxime groups is 1. The molecular formula is C12H17N3O4. The van der Waals surface area contributed by atoms with Gasteiger partial charge in [0.15, 0.2) is 5.84 Å². The van der Waals surface area contributed by atoms with E-state index in [9.17, 15) is 4.79 Å². The molecule has 0 aliphatic carbocycles. The smallest absolute Gasteiger partial charge is 0.234 e. The summed E-state index contributed by atoms with van der Waals surface area (Å²) in [6, 6.07) is 4.96. The Balaban J connectivity index is 2.90. The van der Waals surface area contributed by atoms with Gasteiger partial charge in [-0.3, -0.25) is 4.79 Å². The van der Waals surface area contributed by atoms with Crippen molar-refractivity contribution in [3.63, 3.8) is 0 Å². The molecule has 4 N–H and O–H groups in total. The lowest BCUT2D eigenvalue weighted by Gasteiger charge is -2.12. The summed E-state index contributed by atoms with van der Waals surface area (Å²) >= 11 is 0. The fraction of sp³-hybridized carbons (Fsp3) is 0.333. The predicted octanol–water partition coefficient (Wildman–Crippen LogP) is 1.02. The molecule has 1 amide bonds. The standard InChI is InChI=1S/C12H17N3O4/c1-7(11(13)15-17)12(16)14-8-4-9(18-2)6-10(5-8)19-3/h4-7,17H,1-3H3,(H2,13,15)(H,14,16). The lowest BCUT2D eigenvalue weighted by atomic mass is 10.1. The van der Waals surface area contributed by atoms with Gasteiger partial charge in [-0.2, -0.15) is 0 Å². The molecule has 0 saturated carbocycles. The molecule has 1 aromatic carbocycles. The Morgan fingerprint density at radius 3 is 2.26 bits per heavy atom. The number of nitrogens with two attached hydrogens (primary N) is 1. The summed E-state index contributed by atoms with van der Waals surface area (Å²) in [7, 11) is 3.03. The summed E-state index contributed by atoms with van der Waals surface area (Å²) in [5.41, 5.74) is 5.87. The number of methoxy groups -OCH3 is 2. The Kier molecular flexibility index (Phi) is 4.99. The second kappa shape index (κ2) is 6.48. The van der Waals surface area contributed by atoms with Gasteiger partial charge in [-0.25, -0.2) is 0 Å². The number of carbonyl (C=O) groups is 1. The van der Waals surface area contributed by atoms with Crippen LogP contribution >= 0.6 is 0 Å². The van der Waals surface area contributed by atoms with E-state index in [0.717, 1.165) is 0 Å². The molecule has 0 aliphatic rings. The number of hydrogen-bond acceptors (Lipinski definition) is 5. The molecule has 0 aliphatic heterocycles. The molecule has 1 unspecified atom stereocenters. The largest absolute Gasteiger partial charge is 0.497 e. The Hall–Kier alpha value is -2.44. The highest BCUT2D eigenvalue weighted by atomic mass is 16.5. The van der Waals surface area contributed by atoms with Crippen LogP contribution in [0.3, 0.4) is 0 Å². The van der Waals surface area contributed by atoms with Crippen molar-refractivity contribution in [1.29, 1.82) is 0 Å². The Morgan fingerprint density at radius 2 is 1.84 bits per heavy atom. The maximum Gasteiger partial charge on any atom is 0.234 e. The minimum absolute atomic E-state index is 0.160. The molecule has 7 nitrogen and oxygen atoms in total. The average molecular weight is 267 g/mol. The number of hydrogen-bond donors (Lipinski definition) is 3. The summed E-state index contributed by atoms with van der Waals surface area (Å²) < 4.78 is 10.2. The number of nitrogens with one attached hydrogen (secondary N) is 1. The van der Waals surface area contributed by atoms with Crippen molar-refractivity contribution in [1.82, 2.24) is 0 Å². The fourth-order valence-corrected chi connectivity index (χ4v) is 1.35. The molecule has 104 valence electrons. The van der Waals surface area contributed by atoms with Crippen LogP contribution in [0, 0.1) is 5.92 Å². The number of amidine groups is 1. The van der Waals surface area contributed by atoms with Crippen LogP contribution < -0.4 is 20.5 Å². The predicted molar refractivity (Wildman–Crippen MR) is 70.7 cm³/mol. The number of nitrogens with zero attached hydrogens (tertiary/aromatic N) is 1. The van der Waals surface area contributed by atoms with E-state index in [0.29, 0.717) is 17.2 Å². The van der Waals surface area contributed by atoms with E-state index in [4.69, 9.17) is 20.4 Å². The lowest BCUT2D eigenvalue weighted by Crippen LogP contribution is -2.32. The van der Waals surface area contributed by atoms with Crippen molar-refractivity contribution >= 4 is 17.4 Å². The van der Waals surface area contributed by atoms with E-state index >= 15 is 0 Å². The monoisotopic (exact) mass is 267 g/mol. The first-order valence-electron chi connectivity index (χ1n) is 5.53. The molecule has 0 saturated heterocycles. The van der Waals surface area contributed by atoms with Crippen molar-refractivity contribution in [2.24, 2.45) is 16.8 Å². The number of anilines is 1. The number of rotatable bonds is 5. The van der Waals surface area contributed by atoms with Gasteiger partial charge in [0.25, 0.3) is 0 Å². The van der Waals surface area contributed by atoms with Gasteiger partial charge in [-0.05, 0) is 6.92 Å². The van der Waals surface area contributed by atoms with E-state index < -0.39 is 11.8 Å². The minimum Gasteiger partial charge on any atom is -0.497 e. The molecule has 1 aromatic rings. The Labute approximate surface area is 111 Å². The highest BCUT2D eigenvalue weighted by Crippen LogP contribution is 2.26. The normalized spacial score (nSPS) is 12.7. The first-order valence-corrected chi connectivity index (χ1v) is 5.53. The molecule has 1 rings (SSSR count). The van der Waals surface area contributed by atoms with Crippen LogP contribution in [0.1, 0.15) is 6.92 Å². The zero-order valence-corrected chi connectivity index (χ0v) is 11.0. The number of carbonyl (C=O) groups excluding carboxylic acids is 1. The van der Waals surface area contributed by atoms with Crippen LogP contribution in [0.2, 0.25) is 0 Å². The average Bonchev–Trinajstić information content (AvgIpc) is 2.44. The third-order valence-corrected chi connectivity index (χ3v) is 2.57. The number of amides is 1. The molecule has 0 aromatic heterocycles. The zero-order chi connectivity index (χ0) is 14.4. The van der Waals surface area contributed by atoms with Crippen molar-refractivity contribution in [2.45, 2.75) is 6.92 Å². The second-order valence-electron chi connectivity index (χ2n) is 3.84. The van der Waals surface area contributed by atoms with E-state index in [1.807, 2.05) is 0 Å². The third-order valence-electron chi connectivity index (χ3n) is 2.57. The van der Waals surface area contributed by atoms with Gasteiger partial charge in [-0.1, -0.05) is 5.16 Å². The first-order chi connectivity index (χ1) is 9.01. The molecular weight excluding hydrogens is 250 g/mol. The summed E-state index contributed by atoms with van der Waals surface area (Å²) in [5.74, 6) is -0.211. The van der Waals surface area contributed by atoms with E-state index in [1.54, 1.807) is 18.2 Å². The van der Waals surface area contributed by atoms with E-state index in [-0.39, 0.29) is 5.84 Å². The van der Waals surface area contributed by atoms with Crippen LogP contribution in [0.25, 0.3) is 0 Å². The molecule has 0 fully saturated rings. The quantitative estimate of drug-likeness (QED) is 0.320. The van der Waals surface area contributed by atoms with Gasteiger partial charge in [-0.15, -0.1) is 0 Å². The number of ether oxygens (including phenoxy) is 2. The van der Waals surface area contributed by atoms with Crippen LogP contribution in [-0.4, -0.2) is 31.2 Å². The topological polar surface area (TPSA) is 106 Å². The maximum atomic E-state index is 11.8. The van der Waals surface area contributed by atoms with Gasteiger partial charge in [0, 0.05) is 23.9 Å². The minimum atomic E-state index is -0.748. The van der Waals surface area contributed by atoms with Crippen molar-refractivity contribution < 1.29 is 19.5 Å². The SMILES string of the molecule is COc1cc(NC(=O)C(C)C(N)=NO)cc(OC)c1. The molecule has 1 atom stereocenters. The van der Waals surface area contributed by atoms with E-state index in [1.165, 1.54) is 21.1 Å². The van der Waals surface area contributed by atoms with Gasteiger partial charge in [0.05, 0.1) is 20.1 Å². The highest BCUT2D eigenvalue weighted by molar-refractivity contribution is 6.07. The first kappa shape index (κ1) is 14.6.